The molecule has 0 bridgehead atoms. The predicted octanol–water partition coefficient (Wildman–Crippen LogP) is 4.82. The summed E-state index contributed by atoms with van der Waals surface area (Å²) in [6.45, 7) is 1.95. The second-order valence-electron chi connectivity index (χ2n) is 9.55. The van der Waals surface area contributed by atoms with Crippen LogP contribution in [-0.4, -0.2) is 74.1 Å². The summed E-state index contributed by atoms with van der Waals surface area (Å²) in [5, 5.41) is 9.36. The minimum Gasteiger partial charge on any atom is -0.457 e. The van der Waals surface area contributed by atoms with Crippen LogP contribution < -0.4 is 0 Å². The quantitative estimate of drug-likeness (QED) is 0.0987. The Labute approximate surface area is 195 Å². The molecule has 0 spiro atoms. The number of aliphatic hydroxyl groups is 1. The van der Waals surface area contributed by atoms with Crippen molar-refractivity contribution in [1.29, 1.82) is 0 Å². The van der Waals surface area contributed by atoms with Gasteiger partial charge in [-0.25, -0.2) is 4.57 Å². The molecule has 0 amide bonds. The van der Waals surface area contributed by atoms with Gasteiger partial charge in [-0.1, -0.05) is 77.6 Å². The third-order valence-corrected chi connectivity index (χ3v) is 6.16. The number of carbonyl (C=O) groups excluding carboxylic acids is 1. The first-order valence-electron chi connectivity index (χ1n) is 12.3. The first kappa shape index (κ1) is 31.5. The number of unbranched alkanes of at least 4 members (excludes halogenated alkanes) is 11. The van der Waals surface area contributed by atoms with Crippen LogP contribution in [0.3, 0.4) is 0 Å². The minimum absolute atomic E-state index is 0.0554. The minimum atomic E-state index is -4.25. The van der Waals surface area contributed by atoms with Crippen molar-refractivity contribution in [2.75, 3.05) is 47.5 Å². The van der Waals surface area contributed by atoms with E-state index < -0.39 is 33.1 Å². The van der Waals surface area contributed by atoms with Crippen LogP contribution >= 0.6 is 7.82 Å². The topological polar surface area (TPSA) is 102 Å². The van der Waals surface area contributed by atoms with E-state index in [1.165, 1.54) is 57.8 Å². The van der Waals surface area contributed by atoms with Crippen molar-refractivity contribution in [3.8, 4) is 0 Å². The highest BCUT2D eigenvalue weighted by atomic mass is 31.2. The molecule has 0 aromatic rings. The van der Waals surface area contributed by atoms with Crippen molar-refractivity contribution in [3.63, 3.8) is 0 Å². The monoisotopic (exact) mass is 482 g/mol. The van der Waals surface area contributed by atoms with Crippen molar-refractivity contribution >= 4 is 13.8 Å². The number of rotatable bonds is 22. The van der Waals surface area contributed by atoms with Gasteiger partial charge in [-0.3, -0.25) is 13.8 Å². The highest BCUT2D eigenvalue weighted by Gasteiger charge is 2.25. The number of aliphatic hydroxyl groups excluding tert-OH is 1. The molecular weight excluding hydrogens is 433 g/mol. The zero-order valence-electron chi connectivity index (χ0n) is 20.9. The normalized spacial score (nSPS) is 14.8. The maximum Gasteiger partial charge on any atom is 0.472 e. The van der Waals surface area contributed by atoms with Crippen LogP contribution in [0.4, 0.5) is 0 Å². The zero-order chi connectivity index (χ0) is 24.3. The number of hydrogen-bond donors (Lipinski definition) is 2. The van der Waals surface area contributed by atoms with E-state index in [0.29, 0.717) is 11.0 Å². The van der Waals surface area contributed by atoms with E-state index in [1.807, 2.05) is 21.1 Å². The summed E-state index contributed by atoms with van der Waals surface area (Å²) in [4.78, 5) is 21.6. The highest BCUT2D eigenvalue weighted by Crippen LogP contribution is 2.43. The average Bonchev–Trinajstić information content (AvgIpc) is 2.70. The number of phosphoric ester groups is 1. The summed E-state index contributed by atoms with van der Waals surface area (Å²) < 4.78 is 27.4. The van der Waals surface area contributed by atoms with Gasteiger partial charge in [0.1, 0.15) is 19.3 Å². The third kappa shape index (κ3) is 21.4. The van der Waals surface area contributed by atoms with Gasteiger partial charge in [0.05, 0.1) is 34.4 Å². The molecule has 2 unspecified atom stereocenters. The molecule has 0 fully saturated rings. The number of likely N-dealkylation sites (N-methyl/N-ethyl adjacent to an activating group) is 1. The molecule has 32 heavy (non-hydrogen) atoms. The number of quaternary nitrogens is 1. The van der Waals surface area contributed by atoms with E-state index in [4.69, 9.17) is 13.8 Å². The zero-order valence-corrected chi connectivity index (χ0v) is 21.8. The summed E-state index contributed by atoms with van der Waals surface area (Å²) >= 11 is 0. The molecule has 192 valence electrons. The summed E-state index contributed by atoms with van der Waals surface area (Å²) in [7, 11) is 1.55. The van der Waals surface area contributed by atoms with Gasteiger partial charge in [0.25, 0.3) is 0 Å². The van der Waals surface area contributed by atoms with Crippen molar-refractivity contribution in [3.05, 3.63) is 0 Å². The Morgan fingerprint density at radius 3 is 1.84 bits per heavy atom. The lowest BCUT2D eigenvalue weighted by Gasteiger charge is -2.24. The molecule has 0 aliphatic carbocycles. The highest BCUT2D eigenvalue weighted by molar-refractivity contribution is 7.47. The van der Waals surface area contributed by atoms with E-state index in [1.54, 1.807) is 0 Å². The van der Waals surface area contributed by atoms with Crippen molar-refractivity contribution in [1.82, 2.24) is 0 Å². The van der Waals surface area contributed by atoms with Crippen LogP contribution in [-0.2, 0) is 23.1 Å². The van der Waals surface area contributed by atoms with Crippen molar-refractivity contribution in [2.24, 2.45) is 0 Å². The van der Waals surface area contributed by atoms with Gasteiger partial charge < -0.3 is 19.2 Å². The largest absolute Gasteiger partial charge is 0.472 e. The Hall–Kier alpha value is -0.500. The number of hydrogen-bond acceptors (Lipinski definition) is 6. The number of ether oxygens (including phenoxy) is 1. The summed E-state index contributed by atoms with van der Waals surface area (Å²) in [6, 6.07) is 0. The molecule has 0 aromatic carbocycles. The molecule has 0 saturated carbocycles. The molecule has 0 saturated heterocycles. The maximum absolute atomic E-state index is 11.9. The third-order valence-electron chi connectivity index (χ3n) is 5.18. The molecule has 2 atom stereocenters. The number of nitrogens with zero attached hydrogens (tertiary/aromatic N) is 1. The Bertz CT molecular complexity index is 511. The van der Waals surface area contributed by atoms with E-state index >= 15 is 0 Å². The number of phosphoric acid groups is 1. The van der Waals surface area contributed by atoms with E-state index in [2.05, 4.69) is 6.92 Å². The van der Waals surface area contributed by atoms with E-state index in [0.717, 1.165) is 19.3 Å². The Kier molecular flexibility index (Phi) is 18.6. The average molecular weight is 483 g/mol. The molecule has 0 aromatic heterocycles. The van der Waals surface area contributed by atoms with Crippen molar-refractivity contribution in [2.45, 2.75) is 96.5 Å². The van der Waals surface area contributed by atoms with Crippen LogP contribution in [0.25, 0.3) is 0 Å². The first-order chi connectivity index (χ1) is 15.1. The molecule has 8 nitrogen and oxygen atoms in total. The standard InChI is InChI=1S/C23H48NO7P/c1-5-6-7-8-9-10-11-12-13-14-15-16-17-23(26)31-22(20-25)21-30-32(27,28)29-19-18-24(2,3)4/h22,25H,5-21H2,1-4H3/p+1. The van der Waals surface area contributed by atoms with Gasteiger partial charge in [-0.05, 0) is 6.42 Å². The van der Waals surface area contributed by atoms with Gasteiger partial charge in [-0.2, -0.15) is 0 Å². The van der Waals surface area contributed by atoms with Crippen LogP contribution in [0, 0.1) is 0 Å². The molecule has 0 aliphatic heterocycles. The molecule has 0 heterocycles. The maximum atomic E-state index is 11.9. The smallest absolute Gasteiger partial charge is 0.457 e. The van der Waals surface area contributed by atoms with Crippen LogP contribution in [0.15, 0.2) is 0 Å². The Balaban J connectivity index is 3.78. The fourth-order valence-electron chi connectivity index (χ4n) is 3.12. The Morgan fingerprint density at radius 2 is 1.38 bits per heavy atom. The van der Waals surface area contributed by atoms with Gasteiger partial charge >= 0.3 is 13.8 Å². The molecule has 2 N–H and O–H groups in total. The predicted molar refractivity (Wildman–Crippen MR) is 127 cm³/mol. The SMILES string of the molecule is CCCCCCCCCCCCCCC(=O)OC(CO)COP(=O)(O)OCC[N+](C)(C)C. The van der Waals surface area contributed by atoms with Gasteiger partial charge in [0, 0.05) is 6.42 Å². The van der Waals surface area contributed by atoms with Gasteiger partial charge in [0.2, 0.25) is 0 Å². The fraction of sp³-hybridized carbons (Fsp3) is 0.957. The number of esters is 1. The molecular formula is C23H49NO7P+. The molecule has 0 aliphatic rings. The molecule has 0 radical (unpaired) electrons. The summed E-state index contributed by atoms with van der Waals surface area (Å²) in [5.41, 5.74) is 0. The summed E-state index contributed by atoms with van der Waals surface area (Å²) in [6.07, 6.45) is 13.9. The lowest BCUT2D eigenvalue weighted by Crippen LogP contribution is -2.37. The van der Waals surface area contributed by atoms with Crippen LogP contribution in [0.1, 0.15) is 90.4 Å². The van der Waals surface area contributed by atoms with Crippen LogP contribution in [0.5, 0.6) is 0 Å². The molecule has 0 rings (SSSR count). The lowest BCUT2D eigenvalue weighted by molar-refractivity contribution is -0.870. The first-order valence-corrected chi connectivity index (χ1v) is 13.8. The van der Waals surface area contributed by atoms with E-state index in [9.17, 15) is 19.4 Å². The fourth-order valence-corrected chi connectivity index (χ4v) is 3.87. The second-order valence-corrected chi connectivity index (χ2v) is 11.0. The second kappa shape index (κ2) is 18.9. The van der Waals surface area contributed by atoms with Gasteiger partial charge in [0.15, 0.2) is 0 Å². The van der Waals surface area contributed by atoms with Crippen molar-refractivity contribution < 1.29 is 37.6 Å². The molecule has 9 heteroatoms. The Morgan fingerprint density at radius 1 is 0.875 bits per heavy atom. The lowest BCUT2D eigenvalue weighted by atomic mass is 10.0. The van der Waals surface area contributed by atoms with E-state index in [-0.39, 0.29) is 13.0 Å². The summed E-state index contributed by atoms with van der Waals surface area (Å²) in [5.74, 6) is -0.432. The number of carbonyl (C=O) groups is 1. The van der Waals surface area contributed by atoms with Gasteiger partial charge in [-0.15, -0.1) is 0 Å². The van der Waals surface area contributed by atoms with Crippen LogP contribution in [0.2, 0.25) is 0 Å².